The van der Waals surface area contributed by atoms with Crippen molar-refractivity contribution in [2.24, 2.45) is 0 Å². The van der Waals surface area contributed by atoms with Gasteiger partial charge in [0.25, 0.3) is 0 Å². The predicted molar refractivity (Wildman–Crippen MR) is 200 cm³/mol. The van der Waals surface area contributed by atoms with Crippen LogP contribution in [-0.4, -0.2) is 137 Å². The van der Waals surface area contributed by atoms with E-state index in [9.17, 15) is 0 Å². The summed E-state index contributed by atoms with van der Waals surface area (Å²) in [4.78, 5) is 7.92. The second-order valence-electron chi connectivity index (χ2n) is 10.7. The van der Waals surface area contributed by atoms with Crippen molar-refractivity contribution in [2.45, 2.75) is 0 Å². The molecule has 0 saturated carbocycles. The fourth-order valence-corrected chi connectivity index (χ4v) is 6.09. The van der Waals surface area contributed by atoms with E-state index in [0.717, 1.165) is 0 Å². The standard InChI is InChI=1S/C25HB15N4/c26-3-1-2-4(27)21(17(40)13(36)19(2)41-18(1)11(34)6(29)5(3)28)43-23-15(38)9(32)10(33)16(39)24(23)44-22-14(37)8(31)7(30)12(35)20(22)42-25(43)44/h41H. The molecule has 7 rings (SSSR count). The van der Waals surface area contributed by atoms with Gasteiger partial charge in [0.05, 0.1) is 22.1 Å². The second-order valence-corrected chi connectivity index (χ2v) is 10.7. The van der Waals surface area contributed by atoms with Crippen molar-refractivity contribution < 1.29 is 0 Å². The zero-order valence-electron chi connectivity index (χ0n) is 23.0. The van der Waals surface area contributed by atoms with Gasteiger partial charge in [-0.3, -0.25) is 8.97 Å². The number of hydrogen-bond donors (Lipinski definition) is 1. The highest BCUT2D eigenvalue weighted by Gasteiger charge is 2.27. The van der Waals surface area contributed by atoms with Crippen molar-refractivity contribution in [3.8, 4) is 5.69 Å². The van der Waals surface area contributed by atoms with Gasteiger partial charge in [0.15, 0.2) is 0 Å². The summed E-state index contributed by atoms with van der Waals surface area (Å²) in [6.07, 6.45) is 0. The van der Waals surface area contributed by atoms with Crippen molar-refractivity contribution in [2.75, 3.05) is 0 Å². The number of aromatic nitrogens is 4. The highest BCUT2D eigenvalue weighted by atomic mass is 15.2. The van der Waals surface area contributed by atoms with Crippen LogP contribution in [0.25, 0.3) is 55.3 Å². The first-order chi connectivity index (χ1) is 20.6. The van der Waals surface area contributed by atoms with Gasteiger partial charge in [0.1, 0.15) is 118 Å². The number of nitrogens with one attached hydrogen (secondary N) is 1. The molecule has 166 valence electrons. The first-order valence-electron chi connectivity index (χ1n) is 12.9. The van der Waals surface area contributed by atoms with Gasteiger partial charge in [-0.05, 0) is 5.39 Å². The van der Waals surface area contributed by atoms with Crippen LogP contribution in [-0.2, 0) is 0 Å². The molecule has 0 aliphatic rings. The Hall–Kier alpha value is -3.08. The first kappa shape index (κ1) is 29.6. The zero-order chi connectivity index (χ0) is 32.0. The lowest BCUT2D eigenvalue weighted by atomic mass is 9.64. The molecule has 0 aliphatic carbocycles. The minimum Gasteiger partial charge on any atom is -0.356 e. The number of rotatable bonds is 1. The van der Waals surface area contributed by atoms with Gasteiger partial charge < -0.3 is 4.98 Å². The molecule has 3 heterocycles. The third-order valence-corrected chi connectivity index (χ3v) is 8.46. The summed E-state index contributed by atoms with van der Waals surface area (Å²) in [6.45, 7) is 0. The Kier molecular flexibility index (Phi) is 6.38. The predicted octanol–water partition coefficient (Wildman–Crippen LogP) is -12.0. The van der Waals surface area contributed by atoms with Gasteiger partial charge in [-0.25, -0.2) is 4.98 Å². The molecular formula is C25HB15N4. The molecule has 0 bridgehead atoms. The lowest BCUT2D eigenvalue weighted by molar-refractivity contribution is 1.13. The Morgan fingerprint density at radius 2 is 0.818 bits per heavy atom. The van der Waals surface area contributed by atoms with Crippen molar-refractivity contribution in [1.82, 2.24) is 18.9 Å². The van der Waals surface area contributed by atoms with E-state index in [4.69, 9.17) is 123 Å². The van der Waals surface area contributed by atoms with Crippen LogP contribution in [0.1, 0.15) is 0 Å². The van der Waals surface area contributed by atoms with Crippen LogP contribution < -0.4 is 81.9 Å². The molecule has 0 aliphatic heterocycles. The Bertz CT molecular complexity index is 2510. The van der Waals surface area contributed by atoms with Gasteiger partial charge in [-0.1, -0.05) is 49.2 Å². The molecule has 4 nitrogen and oxygen atoms in total. The highest BCUT2D eigenvalue weighted by molar-refractivity contribution is 6.70. The van der Waals surface area contributed by atoms with Gasteiger partial charge in [-0.15, -0.1) is 32.8 Å². The smallest absolute Gasteiger partial charge is 0.220 e. The summed E-state index contributed by atoms with van der Waals surface area (Å²) in [6, 6.07) is 0. The second kappa shape index (κ2) is 9.47. The third-order valence-electron chi connectivity index (χ3n) is 8.46. The maximum absolute atomic E-state index is 6.94. The van der Waals surface area contributed by atoms with Crippen LogP contribution in [0, 0.1) is 0 Å². The third kappa shape index (κ3) is 3.37. The Balaban J connectivity index is 1.82. The molecule has 0 saturated heterocycles. The van der Waals surface area contributed by atoms with Gasteiger partial charge in [0, 0.05) is 22.1 Å². The summed E-state index contributed by atoms with van der Waals surface area (Å²) in [7, 11) is 96.4. The summed E-state index contributed by atoms with van der Waals surface area (Å²) in [5.41, 5.74) is 2.88. The summed E-state index contributed by atoms with van der Waals surface area (Å²) in [5.74, 6) is 0.148. The topological polar surface area (TPSA) is 38.0 Å². The average molecular weight is 519 g/mol. The van der Waals surface area contributed by atoms with E-state index in [1.807, 2.05) is 0 Å². The number of nitrogens with zero attached hydrogens (tertiary/aromatic N) is 3. The number of fused-ring (bicyclic) bond motifs is 8. The zero-order valence-corrected chi connectivity index (χ0v) is 23.0. The average Bonchev–Trinajstić information content (AvgIpc) is 3.68. The highest BCUT2D eigenvalue weighted by Crippen LogP contribution is 2.26. The largest absolute Gasteiger partial charge is 0.356 e. The lowest BCUT2D eigenvalue weighted by Crippen LogP contribution is -2.49. The molecule has 3 aromatic heterocycles. The van der Waals surface area contributed by atoms with Crippen LogP contribution in [0.2, 0.25) is 0 Å². The van der Waals surface area contributed by atoms with Crippen LogP contribution in [0.5, 0.6) is 0 Å². The van der Waals surface area contributed by atoms with E-state index in [2.05, 4.69) is 4.98 Å². The molecule has 0 spiro atoms. The number of hydrogen-bond acceptors (Lipinski definition) is 1. The Labute approximate surface area is 272 Å². The normalized spacial score (nSPS) is 12.1. The molecule has 19 heteroatoms. The van der Waals surface area contributed by atoms with Gasteiger partial charge >= 0.3 is 0 Å². The molecule has 7 aromatic rings. The summed E-state index contributed by atoms with van der Waals surface area (Å²) in [5, 5.41) is 0.733. The van der Waals surface area contributed by atoms with Crippen molar-refractivity contribution in [1.29, 1.82) is 0 Å². The molecule has 1 N–H and O–H groups in total. The van der Waals surface area contributed by atoms with Crippen LogP contribution in [0.4, 0.5) is 0 Å². The Morgan fingerprint density at radius 1 is 0.386 bits per heavy atom. The molecular weight excluding hydrogens is 518 g/mol. The quantitative estimate of drug-likeness (QED) is 0.215. The van der Waals surface area contributed by atoms with E-state index < -0.39 is 0 Å². The van der Waals surface area contributed by atoms with Crippen LogP contribution >= 0.6 is 0 Å². The van der Waals surface area contributed by atoms with E-state index >= 15 is 0 Å². The minimum atomic E-state index is 0.0103. The number of H-pyrrole nitrogens is 1. The first-order valence-corrected chi connectivity index (χ1v) is 12.9. The number of benzene rings is 4. The summed E-state index contributed by atoms with van der Waals surface area (Å²) < 4.78 is 3.11. The van der Waals surface area contributed by atoms with Crippen molar-refractivity contribution in [3.05, 3.63) is 0 Å². The van der Waals surface area contributed by atoms with E-state index in [-0.39, 0.29) is 115 Å². The van der Waals surface area contributed by atoms with Crippen molar-refractivity contribution in [3.63, 3.8) is 0 Å². The van der Waals surface area contributed by atoms with Gasteiger partial charge in [-0.2, -0.15) is 0 Å². The molecule has 30 radical (unpaired) electrons. The van der Waals surface area contributed by atoms with Crippen molar-refractivity contribution >= 4 is 249 Å². The SMILES string of the molecule is [B]c1c([B])c([B])c2c(nc3n(-c4c([B])c([B])c5[nH]c6c([B])c([B])c([B])c([B])c6c5c4[B])c4c([B])c([B])c([B])c([B])c4n23)c1[B]. The molecule has 0 amide bonds. The molecule has 0 unspecified atom stereocenters. The Morgan fingerprint density at radius 3 is 1.41 bits per heavy atom. The van der Waals surface area contributed by atoms with E-state index in [1.165, 1.54) is 4.57 Å². The molecule has 0 fully saturated rings. The molecule has 44 heavy (non-hydrogen) atoms. The maximum atomic E-state index is 6.94. The summed E-state index contributed by atoms with van der Waals surface area (Å²) >= 11 is 0. The lowest BCUT2D eigenvalue weighted by Gasteiger charge is -2.21. The maximum Gasteiger partial charge on any atom is 0.220 e. The van der Waals surface area contributed by atoms with E-state index in [1.54, 1.807) is 4.40 Å². The van der Waals surface area contributed by atoms with Crippen LogP contribution in [0.15, 0.2) is 0 Å². The van der Waals surface area contributed by atoms with E-state index in [0.29, 0.717) is 21.8 Å². The minimum absolute atomic E-state index is 0.0103. The molecule has 0 atom stereocenters. The number of imidazole rings is 2. The fraction of sp³-hybridized carbons (Fsp3) is 0. The fourth-order valence-electron chi connectivity index (χ4n) is 6.09. The monoisotopic (exact) mass is 522 g/mol. The van der Waals surface area contributed by atoms with Crippen LogP contribution in [0.3, 0.4) is 0 Å². The number of aromatic amines is 1. The molecule has 4 aromatic carbocycles. The van der Waals surface area contributed by atoms with Gasteiger partial charge in [0.2, 0.25) is 5.78 Å².